The van der Waals surface area contributed by atoms with Gasteiger partial charge in [-0.1, -0.05) is 63.4 Å². The number of aryl methyl sites for hydroxylation is 1. The van der Waals surface area contributed by atoms with Crippen molar-refractivity contribution in [2.75, 3.05) is 0 Å². The molecule has 0 radical (unpaired) electrons. The topological polar surface area (TPSA) is 0 Å². The molecule has 0 bridgehead atoms. The fourth-order valence-electron chi connectivity index (χ4n) is 4.78. The summed E-state index contributed by atoms with van der Waals surface area (Å²) in [4.78, 5) is 2.45. The smallest absolute Gasteiger partial charge is 0.132 e. The highest BCUT2D eigenvalue weighted by atomic mass is 32.1. The fourth-order valence-corrected chi connectivity index (χ4v) is 5.93. The first-order valence-corrected chi connectivity index (χ1v) is 12.0. The lowest BCUT2D eigenvalue weighted by molar-refractivity contribution is 0.460. The molecule has 2 aromatic carbocycles. The third kappa shape index (κ3) is 4.80. The van der Waals surface area contributed by atoms with Gasteiger partial charge in [0.05, 0.1) is 0 Å². The summed E-state index contributed by atoms with van der Waals surface area (Å²) in [6.07, 6.45) is 9.00. The number of hydrogen-bond acceptors (Lipinski definition) is 1. The Morgan fingerprint density at radius 3 is 2.38 bits per heavy atom. The maximum absolute atomic E-state index is 14.9. The minimum absolute atomic E-state index is 0.126. The van der Waals surface area contributed by atoms with Gasteiger partial charge in [-0.3, -0.25) is 0 Å². The van der Waals surface area contributed by atoms with Gasteiger partial charge < -0.3 is 0 Å². The van der Waals surface area contributed by atoms with Crippen molar-refractivity contribution in [2.24, 2.45) is 11.8 Å². The highest BCUT2D eigenvalue weighted by molar-refractivity contribution is 7.15. The van der Waals surface area contributed by atoms with Crippen molar-refractivity contribution in [3.8, 4) is 21.6 Å². The summed E-state index contributed by atoms with van der Waals surface area (Å²) < 4.78 is 14.9. The van der Waals surface area contributed by atoms with E-state index < -0.39 is 0 Å². The lowest BCUT2D eigenvalue weighted by Gasteiger charge is -2.09. The molecule has 2 unspecified atom stereocenters. The number of benzene rings is 2. The summed E-state index contributed by atoms with van der Waals surface area (Å²) >= 11 is 1.77. The summed E-state index contributed by atoms with van der Waals surface area (Å²) in [5, 5.41) is 0. The van der Waals surface area contributed by atoms with Crippen LogP contribution in [0.15, 0.2) is 54.6 Å². The van der Waals surface area contributed by atoms with Gasteiger partial charge >= 0.3 is 0 Å². The van der Waals surface area contributed by atoms with Gasteiger partial charge in [0, 0.05) is 15.3 Å². The predicted octanol–water partition coefficient (Wildman–Crippen LogP) is 8.54. The van der Waals surface area contributed by atoms with Crippen LogP contribution in [0.25, 0.3) is 21.6 Å². The van der Waals surface area contributed by atoms with E-state index >= 15 is 0 Å². The predicted molar refractivity (Wildman–Crippen MR) is 124 cm³/mol. The molecule has 4 rings (SSSR count). The quantitative estimate of drug-likeness (QED) is 0.369. The van der Waals surface area contributed by atoms with Gasteiger partial charge in [-0.25, -0.2) is 4.39 Å². The highest BCUT2D eigenvalue weighted by Crippen LogP contribution is 2.38. The van der Waals surface area contributed by atoms with Gasteiger partial charge in [0.1, 0.15) is 5.82 Å². The number of thiophene rings is 1. The van der Waals surface area contributed by atoms with Crippen LogP contribution in [0.2, 0.25) is 0 Å². The molecule has 2 heteroatoms. The summed E-state index contributed by atoms with van der Waals surface area (Å²) in [6, 6.07) is 18.4. The van der Waals surface area contributed by atoms with E-state index in [0.29, 0.717) is 0 Å². The Balaban J connectivity index is 1.46. The first kappa shape index (κ1) is 20.3. The number of halogens is 1. The largest absolute Gasteiger partial charge is 0.206 e. The van der Waals surface area contributed by atoms with Crippen molar-refractivity contribution in [2.45, 2.75) is 58.8 Å². The Labute approximate surface area is 178 Å². The molecule has 0 nitrogen and oxygen atoms in total. The van der Waals surface area contributed by atoms with Crippen LogP contribution in [-0.2, 0) is 12.8 Å². The average Bonchev–Trinajstić information content (AvgIpc) is 3.38. The van der Waals surface area contributed by atoms with E-state index in [9.17, 15) is 4.39 Å². The van der Waals surface area contributed by atoms with Crippen LogP contribution in [0.3, 0.4) is 0 Å². The molecule has 29 heavy (non-hydrogen) atoms. The van der Waals surface area contributed by atoms with Gasteiger partial charge in [0.25, 0.3) is 0 Å². The lowest BCUT2D eigenvalue weighted by atomic mass is 9.98. The molecule has 1 aromatic heterocycles. The van der Waals surface area contributed by atoms with Crippen LogP contribution in [0.4, 0.5) is 4.39 Å². The number of rotatable bonds is 7. The van der Waals surface area contributed by atoms with Crippen molar-refractivity contribution in [3.05, 3.63) is 70.9 Å². The zero-order valence-corrected chi connectivity index (χ0v) is 18.4. The standard InChI is InChI=1S/C27H31FS/c1-3-5-20-6-7-21(16-20)17-24-13-15-27(29-24)25-14-12-23(18-26(25)28)22-10-8-19(4-2)9-11-22/h8-15,18,20-21H,3-7,16-17H2,1-2H3. The van der Waals surface area contributed by atoms with E-state index in [1.165, 1.54) is 42.5 Å². The van der Waals surface area contributed by atoms with Gasteiger partial charge in [-0.15, -0.1) is 11.3 Å². The molecule has 0 amide bonds. The first-order valence-electron chi connectivity index (χ1n) is 11.1. The Morgan fingerprint density at radius 2 is 1.66 bits per heavy atom. The molecule has 1 aliphatic carbocycles. The van der Waals surface area contributed by atoms with Gasteiger partial charge in [0.2, 0.25) is 0 Å². The summed E-state index contributed by atoms with van der Waals surface area (Å²) in [5.41, 5.74) is 4.05. The van der Waals surface area contributed by atoms with E-state index in [2.05, 4.69) is 50.2 Å². The van der Waals surface area contributed by atoms with Crippen LogP contribution in [0.1, 0.15) is 56.4 Å². The van der Waals surface area contributed by atoms with Crippen molar-refractivity contribution in [3.63, 3.8) is 0 Å². The highest BCUT2D eigenvalue weighted by Gasteiger charge is 2.24. The Bertz CT molecular complexity index is 937. The third-order valence-electron chi connectivity index (χ3n) is 6.43. The van der Waals surface area contributed by atoms with Crippen LogP contribution < -0.4 is 0 Å². The molecule has 2 atom stereocenters. The maximum atomic E-state index is 14.9. The molecule has 152 valence electrons. The molecule has 1 fully saturated rings. The molecule has 1 heterocycles. The van der Waals surface area contributed by atoms with E-state index in [-0.39, 0.29) is 5.82 Å². The van der Waals surface area contributed by atoms with E-state index in [1.54, 1.807) is 17.4 Å². The Morgan fingerprint density at radius 1 is 0.897 bits per heavy atom. The van der Waals surface area contributed by atoms with Crippen molar-refractivity contribution in [1.29, 1.82) is 0 Å². The molecule has 1 saturated carbocycles. The second kappa shape index (κ2) is 9.26. The van der Waals surface area contributed by atoms with Gasteiger partial charge in [0.15, 0.2) is 0 Å². The normalized spacial score (nSPS) is 19.0. The van der Waals surface area contributed by atoms with Crippen LogP contribution >= 0.6 is 11.3 Å². The fraction of sp³-hybridized carbons (Fsp3) is 0.407. The molecule has 0 saturated heterocycles. The Kier molecular flexibility index (Phi) is 6.50. The molecule has 1 aliphatic rings. The van der Waals surface area contributed by atoms with E-state index in [4.69, 9.17) is 0 Å². The molecular weight excluding hydrogens is 375 g/mol. The van der Waals surface area contributed by atoms with Gasteiger partial charge in [-0.2, -0.15) is 0 Å². The summed E-state index contributed by atoms with van der Waals surface area (Å²) in [5.74, 6) is 1.62. The molecule has 0 spiro atoms. The maximum Gasteiger partial charge on any atom is 0.132 e. The summed E-state index contributed by atoms with van der Waals surface area (Å²) in [6.45, 7) is 4.44. The van der Waals surface area contributed by atoms with Crippen LogP contribution in [0, 0.1) is 17.7 Å². The zero-order valence-electron chi connectivity index (χ0n) is 17.6. The molecule has 3 aromatic rings. The van der Waals surface area contributed by atoms with E-state index in [0.717, 1.165) is 46.2 Å². The second-order valence-electron chi connectivity index (χ2n) is 8.55. The average molecular weight is 407 g/mol. The molecule has 0 aliphatic heterocycles. The lowest BCUT2D eigenvalue weighted by Crippen LogP contribution is -1.99. The Hall–Kier alpha value is -1.93. The SMILES string of the molecule is CCCC1CCC(Cc2ccc(-c3ccc(-c4ccc(CC)cc4)cc3F)s2)C1. The molecule has 0 N–H and O–H groups in total. The molecular formula is C27H31FS. The van der Waals surface area contributed by atoms with Crippen molar-refractivity contribution >= 4 is 11.3 Å². The van der Waals surface area contributed by atoms with E-state index in [1.807, 2.05) is 12.1 Å². The van der Waals surface area contributed by atoms with Crippen LogP contribution in [-0.4, -0.2) is 0 Å². The monoisotopic (exact) mass is 406 g/mol. The minimum atomic E-state index is -0.126. The minimum Gasteiger partial charge on any atom is -0.206 e. The van der Waals surface area contributed by atoms with Crippen molar-refractivity contribution in [1.82, 2.24) is 0 Å². The summed E-state index contributed by atoms with van der Waals surface area (Å²) in [7, 11) is 0. The zero-order chi connectivity index (χ0) is 20.2. The van der Waals surface area contributed by atoms with Crippen molar-refractivity contribution < 1.29 is 4.39 Å². The van der Waals surface area contributed by atoms with Crippen LogP contribution in [0.5, 0.6) is 0 Å². The number of hydrogen-bond donors (Lipinski definition) is 0. The first-order chi connectivity index (χ1) is 14.2. The third-order valence-corrected chi connectivity index (χ3v) is 7.57. The second-order valence-corrected chi connectivity index (χ2v) is 9.72. The van der Waals surface area contributed by atoms with Gasteiger partial charge in [-0.05, 0) is 78.5 Å².